The predicted octanol–water partition coefficient (Wildman–Crippen LogP) is 4.01. The van der Waals surface area contributed by atoms with Crippen molar-refractivity contribution in [2.75, 3.05) is 6.61 Å². The first-order chi connectivity index (χ1) is 11.3. The summed E-state index contributed by atoms with van der Waals surface area (Å²) in [5.41, 5.74) is -4.46. The summed E-state index contributed by atoms with van der Waals surface area (Å²) in [5.74, 6) is -1.93. The number of fused-ring (bicyclic) bond motifs is 2. The number of aliphatic hydroxyl groups is 1. The highest BCUT2D eigenvalue weighted by atomic mass is 19.4. The van der Waals surface area contributed by atoms with E-state index in [-0.39, 0.29) is 36.4 Å². The molecule has 0 aliphatic heterocycles. The predicted molar refractivity (Wildman–Crippen MR) is 75.3 cm³/mol. The molecule has 2 bridgehead atoms. The van der Waals surface area contributed by atoms with Crippen LogP contribution in [0.4, 0.5) is 26.3 Å². The maximum Gasteiger partial charge on any atom is 0.426 e. The minimum absolute atomic E-state index is 0.0746. The van der Waals surface area contributed by atoms with Crippen molar-refractivity contribution in [2.24, 2.45) is 23.7 Å². The highest BCUT2D eigenvalue weighted by molar-refractivity contribution is 5.86. The Balaban J connectivity index is 1.98. The van der Waals surface area contributed by atoms with E-state index in [1.807, 2.05) is 0 Å². The van der Waals surface area contributed by atoms with Crippen LogP contribution in [0.1, 0.15) is 32.6 Å². The summed E-state index contributed by atoms with van der Waals surface area (Å²) in [7, 11) is 0. The largest absolute Gasteiger partial charge is 0.462 e. The number of rotatable bonds is 5. The highest BCUT2D eigenvalue weighted by Crippen LogP contribution is 2.57. The fourth-order valence-corrected chi connectivity index (χ4v) is 4.05. The van der Waals surface area contributed by atoms with Gasteiger partial charge in [0.1, 0.15) is 0 Å². The number of esters is 1. The van der Waals surface area contributed by atoms with E-state index < -0.39 is 36.3 Å². The zero-order valence-corrected chi connectivity index (χ0v) is 13.6. The second-order valence-corrected chi connectivity index (χ2v) is 7.19. The second kappa shape index (κ2) is 6.48. The van der Waals surface area contributed by atoms with E-state index in [2.05, 4.69) is 6.58 Å². The van der Waals surface area contributed by atoms with Crippen LogP contribution in [0.3, 0.4) is 0 Å². The first-order valence-electron chi connectivity index (χ1n) is 7.94. The lowest BCUT2D eigenvalue weighted by Gasteiger charge is -2.37. The molecule has 9 heteroatoms. The zero-order chi connectivity index (χ0) is 19.2. The van der Waals surface area contributed by atoms with Gasteiger partial charge in [-0.05, 0) is 56.3 Å². The van der Waals surface area contributed by atoms with Gasteiger partial charge in [-0.1, -0.05) is 6.58 Å². The Morgan fingerprint density at radius 3 is 1.92 bits per heavy atom. The Morgan fingerprint density at radius 1 is 1.04 bits per heavy atom. The molecule has 2 fully saturated rings. The maximum absolute atomic E-state index is 12.8. The fraction of sp³-hybridized carbons (Fsp3) is 0.812. The summed E-state index contributed by atoms with van der Waals surface area (Å²) < 4.78 is 82.0. The van der Waals surface area contributed by atoms with Crippen LogP contribution in [0.25, 0.3) is 0 Å². The van der Waals surface area contributed by atoms with E-state index in [1.165, 1.54) is 6.92 Å². The molecular formula is C16H20F6O3. The summed E-state index contributed by atoms with van der Waals surface area (Å²) in [6, 6.07) is 0. The van der Waals surface area contributed by atoms with Gasteiger partial charge in [-0.15, -0.1) is 0 Å². The Bertz CT molecular complexity index is 525. The minimum Gasteiger partial charge on any atom is -0.462 e. The second-order valence-electron chi connectivity index (χ2n) is 7.19. The van der Waals surface area contributed by atoms with Crippen molar-refractivity contribution in [3.05, 3.63) is 12.2 Å². The molecule has 0 amide bonds. The van der Waals surface area contributed by atoms with E-state index in [0.717, 1.165) is 0 Å². The smallest absolute Gasteiger partial charge is 0.426 e. The molecule has 2 aliphatic rings. The van der Waals surface area contributed by atoms with Crippen molar-refractivity contribution in [1.29, 1.82) is 0 Å². The van der Waals surface area contributed by atoms with Gasteiger partial charge in [-0.2, -0.15) is 26.3 Å². The van der Waals surface area contributed by atoms with Crippen LogP contribution in [0.5, 0.6) is 0 Å². The standard InChI is InChI=1S/C16H20F6O3/c1-8(2)13(23)25-7-12-5-9-3-10(12)4-11(9)6-14(24,15(17,18)19)16(20,21)22/h9-12,24H,1,3-7H2,2H3/t9?,10-,11?,12?/m0/s1. The Morgan fingerprint density at radius 2 is 1.52 bits per heavy atom. The van der Waals surface area contributed by atoms with Crippen LogP contribution in [-0.2, 0) is 9.53 Å². The van der Waals surface area contributed by atoms with Gasteiger partial charge in [-0.25, -0.2) is 4.79 Å². The molecule has 0 radical (unpaired) electrons. The number of halogens is 6. The molecule has 4 atom stereocenters. The van der Waals surface area contributed by atoms with Gasteiger partial charge in [0.25, 0.3) is 5.60 Å². The monoisotopic (exact) mass is 374 g/mol. The van der Waals surface area contributed by atoms with Crippen LogP contribution >= 0.6 is 0 Å². The molecule has 0 spiro atoms. The number of carbonyl (C=O) groups is 1. The van der Waals surface area contributed by atoms with Gasteiger partial charge in [0.05, 0.1) is 6.61 Å². The lowest BCUT2D eigenvalue weighted by atomic mass is 9.76. The number of carbonyl (C=O) groups excluding carboxylic acids is 1. The topological polar surface area (TPSA) is 46.5 Å². The Hall–Kier alpha value is -1.25. The Labute approximate surface area is 141 Å². The molecule has 0 aromatic rings. The molecule has 2 aliphatic carbocycles. The van der Waals surface area contributed by atoms with Crippen LogP contribution in [0.2, 0.25) is 0 Å². The summed E-state index contributed by atoms with van der Waals surface area (Å²) in [6.07, 6.45) is -11.9. The number of ether oxygens (including phenoxy) is 1. The molecule has 2 saturated carbocycles. The molecule has 3 nitrogen and oxygen atoms in total. The normalized spacial score (nSPS) is 29.8. The highest BCUT2D eigenvalue weighted by Gasteiger charge is 2.71. The number of hydrogen-bond donors (Lipinski definition) is 1. The molecule has 0 aromatic carbocycles. The maximum atomic E-state index is 12.8. The minimum atomic E-state index is -5.77. The molecule has 3 unspecified atom stereocenters. The van der Waals surface area contributed by atoms with Crippen LogP contribution in [0, 0.1) is 23.7 Å². The molecule has 0 heterocycles. The summed E-state index contributed by atoms with van der Waals surface area (Å²) in [5, 5.41) is 9.35. The van der Waals surface area contributed by atoms with Gasteiger partial charge >= 0.3 is 18.3 Å². The SMILES string of the molecule is C=C(C)C(=O)OCC1CC2C[C@H]1CC2CC(O)(C(F)(F)F)C(F)(F)F. The van der Waals surface area contributed by atoms with E-state index >= 15 is 0 Å². The number of hydrogen-bond acceptors (Lipinski definition) is 3. The van der Waals surface area contributed by atoms with E-state index in [4.69, 9.17) is 4.74 Å². The molecule has 144 valence electrons. The van der Waals surface area contributed by atoms with Crippen LogP contribution in [0.15, 0.2) is 12.2 Å². The van der Waals surface area contributed by atoms with Gasteiger partial charge in [0, 0.05) is 5.57 Å². The lowest BCUT2D eigenvalue weighted by Crippen LogP contribution is -2.58. The van der Waals surface area contributed by atoms with Crippen molar-refractivity contribution in [2.45, 2.75) is 50.6 Å². The summed E-state index contributed by atoms with van der Waals surface area (Å²) in [4.78, 5) is 11.4. The molecule has 2 rings (SSSR count). The van der Waals surface area contributed by atoms with Crippen LogP contribution in [-0.4, -0.2) is 35.6 Å². The van der Waals surface area contributed by atoms with Gasteiger partial charge < -0.3 is 9.84 Å². The zero-order valence-electron chi connectivity index (χ0n) is 13.6. The first-order valence-corrected chi connectivity index (χ1v) is 7.94. The fourth-order valence-electron chi connectivity index (χ4n) is 4.05. The van der Waals surface area contributed by atoms with Gasteiger partial charge in [0.2, 0.25) is 0 Å². The van der Waals surface area contributed by atoms with Crippen molar-refractivity contribution >= 4 is 5.97 Å². The third kappa shape index (κ3) is 3.80. The first kappa shape index (κ1) is 20.1. The van der Waals surface area contributed by atoms with Crippen molar-refractivity contribution in [1.82, 2.24) is 0 Å². The van der Waals surface area contributed by atoms with Crippen molar-refractivity contribution in [3.63, 3.8) is 0 Å². The molecule has 1 N–H and O–H groups in total. The van der Waals surface area contributed by atoms with E-state index in [9.17, 15) is 36.2 Å². The van der Waals surface area contributed by atoms with Gasteiger partial charge in [0.15, 0.2) is 0 Å². The third-order valence-electron chi connectivity index (χ3n) is 5.42. The number of alkyl halides is 6. The summed E-state index contributed by atoms with van der Waals surface area (Å²) >= 11 is 0. The third-order valence-corrected chi connectivity index (χ3v) is 5.42. The van der Waals surface area contributed by atoms with Crippen molar-refractivity contribution in [3.8, 4) is 0 Å². The molecule has 0 aromatic heterocycles. The molecular weight excluding hydrogens is 354 g/mol. The quantitative estimate of drug-likeness (QED) is 0.449. The summed E-state index contributed by atoms with van der Waals surface area (Å²) in [6.45, 7) is 5.00. The Kier molecular flexibility index (Phi) is 5.20. The lowest BCUT2D eigenvalue weighted by molar-refractivity contribution is -0.373. The van der Waals surface area contributed by atoms with E-state index in [0.29, 0.717) is 12.8 Å². The van der Waals surface area contributed by atoms with Gasteiger partial charge in [-0.3, -0.25) is 0 Å². The average molecular weight is 374 g/mol. The van der Waals surface area contributed by atoms with Crippen molar-refractivity contribution < 1.29 is 41.0 Å². The van der Waals surface area contributed by atoms with Crippen LogP contribution < -0.4 is 0 Å². The molecule has 25 heavy (non-hydrogen) atoms. The van der Waals surface area contributed by atoms with E-state index in [1.54, 1.807) is 0 Å². The average Bonchev–Trinajstić information content (AvgIpc) is 3.01. The molecule has 0 saturated heterocycles.